The van der Waals surface area contributed by atoms with Gasteiger partial charge in [-0.1, -0.05) is 0 Å². The summed E-state index contributed by atoms with van der Waals surface area (Å²) in [5, 5.41) is 0. The van der Waals surface area contributed by atoms with Gasteiger partial charge in [0.2, 0.25) is 0 Å². The summed E-state index contributed by atoms with van der Waals surface area (Å²) in [5.41, 5.74) is 0. The van der Waals surface area contributed by atoms with Gasteiger partial charge in [-0.15, -0.1) is 0 Å². The van der Waals surface area contributed by atoms with Crippen LogP contribution in [0.3, 0.4) is 0 Å². The van der Waals surface area contributed by atoms with Crippen LogP contribution in [0.5, 0.6) is 0 Å². The molecule has 0 aliphatic carbocycles. The van der Waals surface area contributed by atoms with Gasteiger partial charge in [-0.2, -0.15) is 0 Å². The Kier molecular flexibility index (Phi) is 5.41. The molecule has 0 saturated carbocycles. The lowest BCUT2D eigenvalue weighted by molar-refractivity contribution is -0.145. The highest BCUT2D eigenvalue weighted by Gasteiger charge is 2.25. The predicted octanol–water partition coefficient (Wildman–Crippen LogP) is 0.677. The second kappa shape index (κ2) is 7.07. The summed E-state index contributed by atoms with van der Waals surface area (Å²) < 4.78 is 15.7. The first-order valence-electron chi connectivity index (χ1n) is 6.76. The topological polar surface area (TPSA) is 48.0 Å². The first kappa shape index (κ1) is 13.8. The van der Waals surface area contributed by atoms with Gasteiger partial charge in [-0.3, -0.25) is 9.69 Å². The maximum Gasteiger partial charge on any atom is 0.308 e. The van der Waals surface area contributed by atoms with Crippen LogP contribution in [0.15, 0.2) is 0 Å². The van der Waals surface area contributed by atoms with Crippen molar-refractivity contribution in [1.29, 1.82) is 0 Å². The second-order valence-corrected chi connectivity index (χ2v) is 5.09. The summed E-state index contributed by atoms with van der Waals surface area (Å²) >= 11 is 0. The third-order valence-electron chi connectivity index (χ3n) is 3.70. The first-order valence-corrected chi connectivity index (χ1v) is 6.76. The van der Waals surface area contributed by atoms with Gasteiger partial charge in [-0.25, -0.2) is 0 Å². The Labute approximate surface area is 108 Å². The van der Waals surface area contributed by atoms with Crippen LogP contribution in [-0.2, 0) is 19.0 Å². The van der Waals surface area contributed by atoms with Gasteiger partial charge in [0.15, 0.2) is 0 Å². The molecule has 104 valence electrons. The Hall–Kier alpha value is -0.650. The van der Waals surface area contributed by atoms with E-state index in [4.69, 9.17) is 9.47 Å². The van der Waals surface area contributed by atoms with Gasteiger partial charge in [-0.05, 0) is 18.8 Å². The zero-order chi connectivity index (χ0) is 12.8. The van der Waals surface area contributed by atoms with E-state index in [1.807, 2.05) is 0 Å². The van der Waals surface area contributed by atoms with Crippen LogP contribution in [0.2, 0.25) is 0 Å². The summed E-state index contributed by atoms with van der Waals surface area (Å²) in [4.78, 5) is 13.6. The predicted molar refractivity (Wildman–Crippen MR) is 66.4 cm³/mol. The first-order chi connectivity index (χ1) is 8.78. The highest BCUT2D eigenvalue weighted by atomic mass is 16.5. The maximum absolute atomic E-state index is 11.2. The van der Waals surface area contributed by atoms with Crippen molar-refractivity contribution in [3.63, 3.8) is 0 Å². The fourth-order valence-corrected chi connectivity index (χ4v) is 2.63. The van der Waals surface area contributed by atoms with E-state index in [1.165, 1.54) is 7.11 Å². The maximum atomic E-state index is 11.2. The molecular formula is C13H23NO4. The van der Waals surface area contributed by atoms with Crippen LogP contribution >= 0.6 is 0 Å². The molecule has 2 saturated heterocycles. The number of hydrogen-bond donors (Lipinski definition) is 0. The highest BCUT2D eigenvalue weighted by Crippen LogP contribution is 2.18. The van der Waals surface area contributed by atoms with Crippen LogP contribution in [0.25, 0.3) is 0 Å². The Morgan fingerprint density at radius 3 is 2.83 bits per heavy atom. The summed E-state index contributed by atoms with van der Waals surface area (Å²) in [6.45, 7) is 5.40. The minimum atomic E-state index is -0.187. The average molecular weight is 257 g/mol. The largest absolute Gasteiger partial charge is 0.469 e. The van der Waals surface area contributed by atoms with Crippen molar-refractivity contribution in [3.05, 3.63) is 0 Å². The number of nitrogens with zero attached hydrogens (tertiary/aromatic N) is 1. The van der Waals surface area contributed by atoms with Crippen LogP contribution in [0, 0.1) is 5.92 Å². The molecule has 0 aromatic carbocycles. The molecule has 0 N–H and O–H groups in total. The normalized spacial score (nSPS) is 27.1. The molecule has 2 rings (SSSR count). The van der Waals surface area contributed by atoms with E-state index in [0.717, 1.165) is 51.6 Å². The third kappa shape index (κ3) is 4.23. The molecule has 2 aliphatic rings. The number of carbonyl (C=O) groups excluding carboxylic acids is 1. The van der Waals surface area contributed by atoms with E-state index in [-0.39, 0.29) is 12.1 Å². The van der Waals surface area contributed by atoms with Crippen molar-refractivity contribution in [3.8, 4) is 0 Å². The molecule has 1 atom stereocenters. The molecule has 0 aromatic heterocycles. The zero-order valence-electron chi connectivity index (χ0n) is 11.1. The second-order valence-electron chi connectivity index (χ2n) is 5.09. The molecule has 0 spiro atoms. The van der Waals surface area contributed by atoms with Crippen LogP contribution in [0.4, 0.5) is 0 Å². The molecule has 2 fully saturated rings. The fraction of sp³-hybridized carbons (Fsp3) is 0.923. The third-order valence-corrected chi connectivity index (χ3v) is 3.70. The van der Waals surface area contributed by atoms with Gasteiger partial charge in [0.05, 0.1) is 26.2 Å². The van der Waals surface area contributed by atoms with E-state index in [2.05, 4.69) is 9.64 Å². The van der Waals surface area contributed by atoms with Crippen LogP contribution in [0.1, 0.15) is 19.3 Å². The minimum Gasteiger partial charge on any atom is -0.469 e. The number of methoxy groups -OCH3 is 1. The lowest BCUT2D eigenvalue weighted by Gasteiger charge is -2.35. The van der Waals surface area contributed by atoms with Crippen molar-refractivity contribution >= 4 is 5.97 Å². The van der Waals surface area contributed by atoms with E-state index in [9.17, 15) is 4.79 Å². The lowest BCUT2D eigenvalue weighted by Crippen LogP contribution is -2.45. The van der Waals surface area contributed by atoms with Crippen molar-refractivity contribution in [2.75, 3.05) is 46.6 Å². The SMILES string of the molecule is COC(=O)CC1CN(CC2CCOCC2)CCO1. The lowest BCUT2D eigenvalue weighted by atomic mass is 9.99. The number of esters is 1. The van der Waals surface area contributed by atoms with Gasteiger partial charge in [0.25, 0.3) is 0 Å². The molecule has 0 radical (unpaired) electrons. The molecule has 2 aliphatic heterocycles. The summed E-state index contributed by atoms with van der Waals surface area (Å²) in [7, 11) is 1.42. The molecular weight excluding hydrogens is 234 g/mol. The van der Waals surface area contributed by atoms with Crippen molar-refractivity contribution in [1.82, 2.24) is 4.90 Å². The summed E-state index contributed by atoms with van der Waals surface area (Å²) in [6, 6.07) is 0. The molecule has 1 unspecified atom stereocenters. The Bertz CT molecular complexity index is 266. The van der Waals surface area contributed by atoms with E-state index < -0.39 is 0 Å². The Morgan fingerprint density at radius 1 is 1.33 bits per heavy atom. The Balaban J connectivity index is 1.73. The van der Waals surface area contributed by atoms with E-state index >= 15 is 0 Å². The van der Waals surface area contributed by atoms with Crippen LogP contribution in [-0.4, -0.2) is 63.5 Å². The fourth-order valence-electron chi connectivity index (χ4n) is 2.63. The van der Waals surface area contributed by atoms with Gasteiger partial charge < -0.3 is 14.2 Å². The van der Waals surface area contributed by atoms with Crippen molar-refractivity contribution in [2.45, 2.75) is 25.4 Å². The zero-order valence-corrected chi connectivity index (χ0v) is 11.1. The molecule has 0 amide bonds. The molecule has 0 aromatic rings. The molecule has 5 heteroatoms. The smallest absolute Gasteiger partial charge is 0.308 e. The number of hydrogen-bond acceptors (Lipinski definition) is 5. The van der Waals surface area contributed by atoms with Gasteiger partial charge in [0, 0.05) is 32.8 Å². The number of ether oxygens (including phenoxy) is 3. The quantitative estimate of drug-likeness (QED) is 0.693. The molecule has 18 heavy (non-hydrogen) atoms. The highest BCUT2D eigenvalue weighted by molar-refractivity contribution is 5.69. The summed E-state index contributed by atoms with van der Waals surface area (Å²) in [5.74, 6) is 0.545. The van der Waals surface area contributed by atoms with E-state index in [0.29, 0.717) is 13.0 Å². The van der Waals surface area contributed by atoms with Crippen LogP contribution < -0.4 is 0 Å². The van der Waals surface area contributed by atoms with Gasteiger partial charge in [0.1, 0.15) is 0 Å². The number of carbonyl (C=O) groups is 1. The molecule has 0 bridgehead atoms. The van der Waals surface area contributed by atoms with Crippen molar-refractivity contribution in [2.24, 2.45) is 5.92 Å². The monoisotopic (exact) mass is 257 g/mol. The minimum absolute atomic E-state index is 0.00830. The summed E-state index contributed by atoms with van der Waals surface area (Å²) in [6.07, 6.45) is 2.66. The Morgan fingerprint density at radius 2 is 2.11 bits per heavy atom. The molecule has 5 nitrogen and oxygen atoms in total. The standard InChI is InChI=1S/C13H23NO4/c1-16-13(15)8-12-10-14(4-7-18-12)9-11-2-5-17-6-3-11/h11-12H,2-10H2,1H3. The van der Waals surface area contributed by atoms with Gasteiger partial charge >= 0.3 is 5.97 Å². The molecule has 2 heterocycles. The number of morpholine rings is 1. The number of rotatable bonds is 4. The van der Waals surface area contributed by atoms with Crippen molar-refractivity contribution < 1.29 is 19.0 Å². The van der Waals surface area contributed by atoms with E-state index in [1.54, 1.807) is 0 Å². The average Bonchev–Trinajstić information content (AvgIpc) is 2.40.